The molecule has 0 N–H and O–H groups in total. The van der Waals surface area contributed by atoms with E-state index in [1.807, 2.05) is 35.0 Å². The molecule has 0 aliphatic carbocycles. The van der Waals surface area contributed by atoms with Crippen LogP contribution < -0.4 is 0 Å². The number of nitrogens with zero attached hydrogens (tertiary/aromatic N) is 2. The molecule has 0 aromatic carbocycles. The molecule has 0 atom stereocenters. The first-order valence-corrected chi connectivity index (χ1v) is 3.12. The van der Waals surface area contributed by atoms with Gasteiger partial charge in [0.1, 0.15) is 0 Å². The van der Waals surface area contributed by atoms with Crippen molar-refractivity contribution in [3.8, 4) is 0 Å². The van der Waals surface area contributed by atoms with Gasteiger partial charge >= 0.3 is 0 Å². The number of hydrogen-bond acceptors (Lipinski definition) is 1. The van der Waals surface area contributed by atoms with Crippen LogP contribution in [0.2, 0.25) is 0 Å². The molecule has 0 unspecified atom stereocenters. The molecule has 0 amide bonds. The minimum atomic E-state index is 0.811. The molecule has 1 radical (unpaired) electrons. The van der Waals surface area contributed by atoms with Crippen LogP contribution in [0.4, 0.5) is 0 Å². The lowest BCUT2D eigenvalue weighted by atomic mass is 10.4. The van der Waals surface area contributed by atoms with E-state index in [0.717, 1.165) is 11.2 Å². The Kier molecular flexibility index (Phi) is 1.01. The van der Waals surface area contributed by atoms with Gasteiger partial charge in [0.15, 0.2) is 0 Å². The summed E-state index contributed by atoms with van der Waals surface area (Å²) in [5.74, 6) is 0. The third-order valence-electron chi connectivity index (χ3n) is 1.42. The molecule has 2 nitrogen and oxygen atoms in total. The molecule has 2 aromatic heterocycles. The second-order valence-corrected chi connectivity index (χ2v) is 2.21. The topological polar surface area (TPSA) is 17.3 Å². The van der Waals surface area contributed by atoms with E-state index in [9.17, 15) is 0 Å². The second-order valence-electron chi connectivity index (χ2n) is 2.21. The summed E-state index contributed by atoms with van der Waals surface area (Å²) in [6, 6.07) is 7.87. The van der Waals surface area contributed by atoms with Crippen molar-refractivity contribution in [1.82, 2.24) is 9.61 Å². The highest BCUT2D eigenvalue weighted by molar-refractivity contribution is 5.47. The van der Waals surface area contributed by atoms with E-state index in [1.54, 1.807) is 0 Å². The lowest BCUT2D eigenvalue weighted by molar-refractivity contribution is 0.948. The largest absolute Gasteiger partial charge is 0.241 e. The third kappa shape index (κ3) is 0.692. The summed E-state index contributed by atoms with van der Waals surface area (Å²) in [5, 5.41) is 4.12. The van der Waals surface area contributed by atoms with E-state index in [0.29, 0.717) is 0 Å². The first-order valence-electron chi connectivity index (χ1n) is 3.12. The summed E-state index contributed by atoms with van der Waals surface area (Å²) in [6.45, 7) is 3.73. The smallest absolute Gasteiger partial charge is 0.0664 e. The highest BCUT2D eigenvalue weighted by atomic mass is 15.2. The van der Waals surface area contributed by atoms with Crippen molar-refractivity contribution >= 4 is 5.52 Å². The van der Waals surface area contributed by atoms with Crippen LogP contribution in [0, 0.1) is 6.92 Å². The van der Waals surface area contributed by atoms with Crippen molar-refractivity contribution in [2.45, 2.75) is 0 Å². The molecule has 2 heteroatoms. The zero-order valence-electron chi connectivity index (χ0n) is 5.49. The molecular weight excluding hydrogens is 124 g/mol. The number of aromatic nitrogens is 2. The van der Waals surface area contributed by atoms with Crippen LogP contribution in [0.15, 0.2) is 30.5 Å². The quantitative estimate of drug-likeness (QED) is 0.529. The number of hydrogen-bond donors (Lipinski definition) is 0. The lowest BCUT2D eigenvalue weighted by Gasteiger charge is -1.86. The van der Waals surface area contributed by atoms with Gasteiger partial charge in [0.2, 0.25) is 0 Å². The fraction of sp³-hybridized carbons (Fsp3) is 0. The molecule has 0 bridgehead atoms. The Morgan fingerprint density at radius 1 is 1.40 bits per heavy atom. The van der Waals surface area contributed by atoms with E-state index >= 15 is 0 Å². The maximum Gasteiger partial charge on any atom is 0.0664 e. The van der Waals surface area contributed by atoms with Gasteiger partial charge in [0, 0.05) is 6.20 Å². The molecule has 10 heavy (non-hydrogen) atoms. The predicted molar refractivity (Wildman–Crippen MR) is 39.7 cm³/mol. The number of fused-ring (bicyclic) bond motifs is 1. The van der Waals surface area contributed by atoms with Crippen LogP contribution in [0.5, 0.6) is 0 Å². The van der Waals surface area contributed by atoms with Crippen LogP contribution in [0.1, 0.15) is 5.69 Å². The zero-order chi connectivity index (χ0) is 6.97. The van der Waals surface area contributed by atoms with Crippen LogP contribution in [0.3, 0.4) is 0 Å². The Morgan fingerprint density at radius 3 is 3.10 bits per heavy atom. The molecule has 2 heterocycles. The van der Waals surface area contributed by atoms with E-state index in [4.69, 9.17) is 0 Å². The first kappa shape index (κ1) is 5.47. The predicted octanol–water partition coefficient (Wildman–Crippen LogP) is 1.52. The fourth-order valence-corrected chi connectivity index (χ4v) is 0.991. The third-order valence-corrected chi connectivity index (χ3v) is 1.42. The summed E-state index contributed by atoms with van der Waals surface area (Å²) >= 11 is 0. The molecular formula is C8H7N2. The summed E-state index contributed by atoms with van der Waals surface area (Å²) < 4.78 is 1.81. The summed E-state index contributed by atoms with van der Waals surface area (Å²) in [6.07, 6.45) is 1.91. The monoisotopic (exact) mass is 131 g/mol. The molecule has 2 rings (SSSR count). The second kappa shape index (κ2) is 1.84. The first-order chi connectivity index (χ1) is 4.86. The minimum Gasteiger partial charge on any atom is -0.241 e. The molecule has 0 saturated carbocycles. The molecule has 0 aliphatic rings. The van der Waals surface area contributed by atoms with Crippen molar-refractivity contribution < 1.29 is 0 Å². The highest BCUT2D eigenvalue weighted by Crippen LogP contribution is 2.03. The van der Waals surface area contributed by atoms with Crippen molar-refractivity contribution in [2.75, 3.05) is 0 Å². The average molecular weight is 131 g/mol. The van der Waals surface area contributed by atoms with Gasteiger partial charge in [-0.1, -0.05) is 6.07 Å². The van der Waals surface area contributed by atoms with Crippen LogP contribution >= 0.6 is 0 Å². The highest BCUT2D eigenvalue weighted by Gasteiger charge is 1.92. The van der Waals surface area contributed by atoms with Gasteiger partial charge in [-0.3, -0.25) is 0 Å². The minimum absolute atomic E-state index is 0.811. The van der Waals surface area contributed by atoms with E-state index < -0.39 is 0 Å². The molecule has 2 aromatic rings. The Balaban J connectivity index is 2.88. The van der Waals surface area contributed by atoms with Gasteiger partial charge < -0.3 is 0 Å². The van der Waals surface area contributed by atoms with Gasteiger partial charge in [-0.2, -0.15) is 5.10 Å². The summed E-state index contributed by atoms with van der Waals surface area (Å²) in [5.41, 5.74) is 1.90. The summed E-state index contributed by atoms with van der Waals surface area (Å²) in [4.78, 5) is 0. The average Bonchev–Trinajstić information content (AvgIpc) is 2.27. The molecule has 0 fully saturated rings. The van der Waals surface area contributed by atoms with Crippen molar-refractivity contribution in [3.63, 3.8) is 0 Å². The SMILES string of the molecule is [CH2]c1cc2ccccn2n1. The Morgan fingerprint density at radius 2 is 2.30 bits per heavy atom. The zero-order valence-corrected chi connectivity index (χ0v) is 5.49. The normalized spacial score (nSPS) is 10.5. The Labute approximate surface area is 59.1 Å². The molecule has 0 spiro atoms. The van der Waals surface area contributed by atoms with Crippen LogP contribution in [-0.2, 0) is 0 Å². The Hall–Kier alpha value is -1.31. The van der Waals surface area contributed by atoms with Crippen LogP contribution in [-0.4, -0.2) is 9.61 Å². The lowest BCUT2D eigenvalue weighted by Crippen LogP contribution is -1.83. The van der Waals surface area contributed by atoms with Crippen molar-refractivity contribution in [1.29, 1.82) is 0 Å². The van der Waals surface area contributed by atoms with Gasteiger partial charge in [-0.15, -0.1) is 0 Å². The maximum atomic E-state index is 4.12. The summed E-state index contributed by atoms with van der Waals surface area (Å²) in [7, 11) is 0. The fourth-order valence-electron chi connectivity index (χ4n) is 0.991. The van der Waals surface area contributed by atoms with E-state index in [-0.39, 0.29) is 0 Å². The van der Waals surface area contributed by atoms with E-state index in [1.165, 1.54) is 0 Å². The van der Waals surface area contributed by atoms with Gasteiger partial charge in [-0.05, 0) is 25.1 Å². The molecule has 0 aliphatic heterocycles. The number of pyridine rings is 1. The standard InChI is InChI=1S/C8H7N2/c1-7-6-8-4-2-3-5-10(8)9-7/h2-6H,1H2. The number of rotatable bonds is 0. The van der Waals surface area contributed by atoms with Crippen molar-refractivity contribution in [2.24, 2.45) is 0 Å². The van der Waals surface area contributed by atoms with Gasteiger partial charge in [0.05, 0.1) is 11.2 Å². The maximum absolute atomic E-state index is 4.12. The molecule has 0 saturated heterocycles. The Bertz CT molecular complexity index is 316. The van der Waals surface area contributed by atoms with E-state index in [2.05, 4.69) is 12.0 Å². The van der Waals surface area contributed by atoms with Crippen molar-refractivity contribution in [3.05, 3.63) is 43.1 Å². The molecule has 49 valence electrons. The van der Waals surface area contributed by atoms with Gasteiger partial charge in [0.25, 0.3) is 0 Å². The van der Waals surface area contributed by atoms with Gasteiger partial charge in [-0.25, -0.2) is 4.52 Å². The van der Waals surface area contributed by atoms with Crippen LogP contribution in [0.25, 0.3) is 5.52 Å².